The maximum absolute atomic E-state index is 11.1. The molecule has 0 unspecified atom stereocenters. The number of benzene rings is 1. The number of carbonyl (C=O) groups excluding carboxylic acids is 1. The van der Waals surface area contributed by atoms with Crippen molar-refractivity contribution in [3.05, 3.63) is 24.3 Å². The van der Waals surface area contributed by atoms with Gasteiger partial charge >= 0.3 is 6.03 Å². The summed E-state index contributed by atoms with van der Waals surface area (Å²) in [5, 5.41) is 5.28. The molecule has 1 aromatic carbocycles. The fraction of sp³-hybridized carbons (Fsp3) is 0.462. The molecule has 1 heterocycles. The average molecular weight is 233 g/mol. The lowest BCUT2D eigenvalue weighted by atomic mass is 10.1. The van der Waals surface area contributed by atoms with Gasteiger partial charge in [0.05, 0.1) is 0 Å². The van der Waals surface area contributed by atoms with Crippen LogP contribution in [0.3, 0.4) is 0 Å². The lowest BCUT2D eigenvalue weighted by Gasteiger charge is -2.28. The van der Waals surface area contributed by atoms with Crippen molar-refractivity contribution < 1.29 is 4.79 Å². The van der Waals surface area contributed by atoms with Gasteiger partial charge in [-0.05, 0) is 43.5 Å². The van der Waals surface area contributed by atoms with Crippen molar-refractivity contribution in [2.75, 3.05) is 30.4 Å². The highest BCUT2D eigenvalue weighted by atomic mass is 16.2. The molecule has 17 heavy (non-hydrogen) atoms. The lowest BCUT2D eigenvalue weighted by Crippen LogP contribution is -2.29. The normalized spacial score (nSPS) is 15.5. The average Bonchev–Trinajstić information content (AvgIpc) is 2.40. The Kier molecular flexibility index (Phi) is 3.85. The van der Waals surface area contributed by atoms with Crippen LogP contribution in [-0.2, 0) is 0 Å². The molecule has 92 valence electrons. The smallest absolute Gasteiger partial charge is 0.318 e. The Balaban J connectivity index is 1.99. The van der Waals surface area contributed by atoms with Crippen molar-refractivity contribution in [2.24, 2.45) is 0 Å². The van der Waals surface area contributed by atoms with E-state index in [0.717, 1.165) is 18.8 Å². The molecule has 2 amide bonds. The Labute approximate surface area is 102 Å². The van der Waals surface area contributed by atoms with Crippen LogP contribution in [0, 0.1) is 0 Å². The first kappa shape index (κ1) is 11.8. The maximum Gasteiger partial charge on any atom is 0.318 e. The van der Waals surface area contributed by atoms with Gasteiger partial charge in [-0.25, -0.2) is 4.79 Å². The highest BCUT2D eigenvalue weighted by Gasteiger charge is 2.10. The number of amides is 2. The molecule has 4 heteroatoms. The Morgan fingerprint density at radius 2 is 1.76 bits per heavy atom. The van der Waals surface area contributed by atoms with Crippen LogP contribution in [0.4, 0.5) is 16.2 Å². The molecular formula is C13H19N3O. The van der Waals surface area contributed by atoms with Crippen LogP contribution >= 0.6 is 0 Å². The molecule has 0 atom stereocenters. The van der Waals surface area contributed by atoms with Crippen molar-refractivity contribution in [2.45, 2.75) is 19.3 Å². The van der Waals surface area contributed by atoms with Crippen molar-refractivity contribution in [3.8, 4) is 0 Å². The monoisotopic (exact) mass is 233 g/mol. The number of nitrogens with one attached hydrogen (secondary N) is 2. The van der Waals surface area contributed by atoms with E-state index in [-0.39, 0.29) is 6.03 Å². The third-order valence-electron chi connectivity index (χ3n) is 3.07. The highest BCUT2D eigenvalue weighted by Crippen LogP contribution is 2.21. The molecule has 4 nitrogen and oxygen atoms in total. The summed E-state index contributed by atoms with van der Waals surface area (Å²) in [5.74, 6) is 0. The number of piperidine rings is 1. The number of hydrogen-bond acceptors (Lipinski definition) is 2. The highest BCUT2D eigenvalue weighted by molar-refractivity contribution is 5.89. The van der Waals surface area contributed by atoms with Crippen LogP contribution in [0.5, 0.6) is 0 Å². The molecule has 1 fully saturated rings. The van der Waals surface area contributed by atoms with Crippen LogP contribution in [0.25, 0.3) is 0 Å². The molecule has 1 aromatic rings. The second-order valence-electron chi connectivity index (χ2n) is 4.30. The first-order valence-corrected chi connectivity index (χ1v) is 6.13. The number of rotatable bonds is 2. The summed E-state index contributed by atoms with van der Waals surface area (Å²) in [6.45, 7) is 2.28. The molecular weight excluding hydrogens is 214 g/mol. The van der Waals surface area contributed by atoms with Crippen molar-refractivity contribution in [1.82, 2.24) is 5.32 Å². The molecule has 1 saturated heterocycles. The van der Waals surface area contributed by atoms with E-state index >= 15 is 0 Å². The van der Waals surface area contributed by atoms with Crippen molar-refractivity contribution >= 4 is 17.4 Å². The largest absolute Gasteiger partial charge is 0.372 e. The fourth-order valence-corrected chi connectivity index (χ4v) is 2.10. The Bertz CT molecular complexity index is 369. The van der Waals surface area contributed by atoms with E-state index in [1.54, 1.807) is 7.05 Å². The molecule has 0 spiro atoms. The predicted molar refractivity (Wildman–Crippen MR) is 70.6 cm³/mol. The van der Waals surface area contributed by atoms with Gasteiger partial charge in [-0.1, -0.05) is 0 Å². The van der Waals surface area contributed by atoms with E-state index in [4.69, 9.17) is 0 Å². The molecule has 0 bridgehead atoms. The van der Waals surface area contributed by atoms with Gasteiger partial charge in [-0.15, -0.1) is 0 Å². The minimum Gasteiger partial charge on any atom is -0.372 e. The van der Waals surface area contributed by atoms with E-state index in [1.807, 2.05) is 12.1 Å². The Morgan fingerprint density at radius 1 is 1.12 bits per heavy atom. The zero-order valence-electron chi connectivity index (χ0n) is 10.2. The molecule has 0 radical (unpaired) electrons. The molecule has 0 aromatic heterocycles. The number of anilines is 2. The van der Waals surface area contributed by atoms with E-state index in [9.17, 15) is 4.79 Å². The summed E-state index contributed by atoms with van der Waals surface area (Å²) in [7, 11) is 1.61. The van der Waals surface area contributed by atoms with Crippen LogP contribution in [0.2, 0.25) is 0 Å². The minimum atomic E-state index is -0.185. The fourth-order valence-electron chi connectivity index (χ4n) is 2.10. The maximum atomic E-state index is 11.1. The summed E-state index contributed by atoms with van der Waals surface area (Å²) in [6.07, 6.45) is 3.89. The summed E-state index contributed by atoms with van der Waals surface area (Å²) in [4.78, 5) is 13.5. The van der Waals surface area contributed by atoms with Crippen molar-refractivity contribution in [1.29, 1.82) is 0 Å². The molecule has 0 saturated carbocycles. The number of nitrogens with zero attached hydrogens (tertiary/aromatic N) is 1. The van der Waals surface area contributed by atoms with Crippen LogP contribution in [-0.4, -0.2) is 26.2 Å². The zero-order valence-corrected chi connectivity index (χ0v) is 10.2. The van der Waals surface area contributed by atoms with Gasteiger partial charge in [0.1, 0.15) is 0 Å². The van der Waals surface area contributed by atoms with Gasteiger partial charge < -0.3 is 15.5 Å². The van der Waals surface area contributed by atoms with E-state index in [1.165, 1.54) is 24.9 Å². The van der Waals surface area contributed by atoms with Crippen LogP contribution < -0.4 is 15.5 Å². The Morgan fingerprint density at radius 3 is 2.35 bits per heavy atom. The second-order valence-corrected chi connectivity index (χ2v) is 4.30. The van der Waals surface area contributed by atoms with Crippen molar-refractivity contribution in [3.63, 3.8) is 0 Å². The molecule has 1 aliphatic heterocycles. The molecule has 0 aliphatic carbocycles. The van der Waals surface area contributed by atoms with Gasteiger partial charge in [0.15, 0.2) is 0 Å². The number of hydrogen-bond donors (Lipinski definition) is 2. The van der Waals surface area contributed by atoms with Gasteiger partial charge in [-0.3, -0.25) is 0 Å². The third-order valence-corrected chi connectivity index (χ3v) is 3.07. The van der Waals surface area contributed by atoms with E-state index in [0.29, 0.717) is 0 Å². The van der Waals surface area contributed by atoms with Crippen LogP contribution in [0.1, 0.15) is 19.3 Å². The molecule has 2 rings (SSSR count). The van der Waals surface area contributed by atoms with E-state index < -0.39 is 0 Å². The molecule has 2 N–H and O–H groups in total. The topological polar surface area (TPSA) is 44.4 Å². The minimum absolute atomic E-state index is 0.185. The van der Waals surface area contributed by atoms with Gasteiger partial charge in [0, 0.05) is 31.5 Å². The number of urea groups is 1. The second kappa shape index (κ2) is 5.57. The lowest BCUT2D eigenvalue weighted by molar-refractivity contribution is 0.254. The summed E-state index contributed by atoms with van der Waals surface area (Å²) < 4.78 is 0. The van der Waals surface area contributed by atoms with Crippen LogP contribution in [0.15, 0.2) is 24.3 Å². The predicted octanol–water partition coefficient (Wildman–Crippen LogP) is 2.43. The zero-order chi connectivity index (χ0) is 12.1. The number of carbonyl (C=O) groups is 1. The summed E-state index contributed by atoms with van der Waals surface area (Å²) >= 11 is 0. The standard InChI is InChI=1S/C13H19N3O/c1-14-13(17)15-11-5-7-12(8-6-11)16-9-3-2-4-10-16/h5-8H,2-4,9-10H2,1H3,(H2,14,15,17). The SMILES string of the molecule is CNC(=O)Nc1ccc(N2CCCCC2)cc1. The first-order valence-electron chi connectivity index (χ1n) is 6.13. The summed E-state index contributed by atoms with van der Waals surface area (Å²) in [6, 6.07) is 7.83. The van der Waals surface area contributed by atoms with Gasteiger partial charge in [0.25, 0.3) is 0 Å². The van der Waals surface area contributed by atoms with E-state index in [2.05, 4.69) is 27.7 Å². The Hall–Kier alpha value is -1.71. The third kappa shape index (κ3) is 3.12. The van der Waals surface area contributed by atoms with Gasteiger partial charge in [0.2, 0.25) is 0 Å². The quantitative estimate of drug-likeness (QED) is 0.824. The van der Waals surface area contributed by atoms with Gasteiger partial charge in [-0.2, -0.15) is 0 Å². The first-order chi connectivity index (χ1) is 8.29. The summed E-state index contributed by atoms with van der Waals surface area (Å²) in [5.41, 5.74) is 2.07. The molecule has 1 aliphatic rings.